The van der Waals surface area contributed by atoms with E-state index in [2.05, 4.69) is 26.2 Å². The average molecular weight is 478 g/mol. The second-order valence-corrected chi connectivity index (χ2v) is 9.73. The molecule has 3 N–H and O–H groups in total. The van der Waals surface area contributed by atoms with Crippen LogP contribution >= 0.6 is 15.9 Å². The first kappa shape index (κ1) is 19.9. The number of phenolic OH excluding ortho intramolecular Hbond substituents is 1. The highest BCUT2D eigenvalue weighted by Gasteiger charge is 2.34. The van der Waals surface area contributed by atoms with E-state index in [-0.39, 0.29) is 22.9 Å². The second kappa shape index (κ2) is 7.81. The zero-order chi connectivity index (χ0) is 20.6. The van der Waals surface area contributed by atoms with Crippen LogP contribution in [-0.2, 0) is 16.6 Å². The molecule has 2 heterocycles. The van der Waals surface area contributed by atoms with Crippen molar-refractivity contribution in [2.75, 3.05) is 13.1 Å². The second-order valence-electron chi connectivity index (χ2n) is 6.94. The maximum atomic E-state index is 13.3. The van der Waals surface area contributed by atoms with Crippen molar-refractivity contribution >= 4 is 42.8 Å². The minimum atomic E-state index is -3.83. The number of H-pyrrole nitrogens is 1. The summed E-state index contributed by atoms with van der Waals surface area (Å²) in [6.07, 6.45) is 1.61. The van der Waals surface area contributed by atoms with Crippen molar-refractivity contribution in [3.63, 3.8) is 0 Å². The molecule has 1 fully saturated rings. The number of carbonyl (C=O) groups excluding carboxylic acids is 1. The van der Waals surface area contributed by atoms with Gasteiger partial charge in [-0.1, -0.05) is 34.1 Å². The molecule has 0 unspecified atom stereocenters. The molecular formula is C20H20BrN3O4S. The van der Waals surface area contributed by atoms with Crippen LogP contribution < -0.4 is 5.32 Å². The first-order valence-electron chi connectivity index (χ1n) is 9.24. The molecule has 152 valence electrons. The normalized spacial score (nSPS) is 15.1. The highest BCUT2D eigenvalue weighted by Crippen LogP contribution is 2.33. The largest absolute Gasteiger partial charge is 0.508 e. The molecule has 1 aliphatic heterocycles. The van der Waals surface area contributed by atoms with Crippen molar-refractivity contribution in [2.45, 2.75) is 24.3 Å². The van der Waals surface area contributed by atoms with E-state index in [1.165, 1.54) is 10.4 Å². The van der Waals surface area contributed by atoms with E-state index in [1.54, 1.807) is 36.4 Å². The molecule has 1 aliphatic rings. The van der Waals surface area contributed by atoms with Gasteiger partial charge in [0.15, 0.2) is 0 Å². The predicted molar refractivity (Wildman–Crippen MR) is 113 cm³/mol. The molecule has 0 saturated carbocycles. The predicted octanol–water partition coefficient (Wildman–Crippen LogP) is 3.35. The third kappa shape index (κ3) is 3.77. The zero-order valence-corrected chi connectivity index (χ0v) is 17.9. The van der Waals surface area contributed by atoms with Gasteiger partial charge in [0.1, 0.15) is 16.3 Å². The fourth-order valence-corrected chi connectivity index (χ4v) is 5.76. The molecule has 3 aromatic rings. The van der Waals surface area contributed by atoms with Gasteiger partial charge in [-0.05, 0) is 37.1 Å². The number of nitrogens with zero attached hydrogens (tertiary/aromatic N) is 1. The van der Waals surface area contributed by atoms with Crippen LogP contribution in [0.2, 0.25) is 0 Å². The number of nitrogens with one attached hydrogen (secondary N) is 2. The number of aromatic hydroxyl groups is 1. The molecule has 0 radical (unpaired) electrons. The Kier molecular flexibility index (Phi) is 5.37. The van der Waals surface area contributed by atoms with Gasteiger partial charge in [-0.2, -0.15) is 4.31 Å². The summed E-state index contributed by atoms with van der Waals surface area (Å²) in [6.45, 7) is 0.970. The molecule has 2 aromatic carbocycles. The average Bonchev–Trinajstić information content (AvgIpc) is 3.35. The number of fused-ring (bicyclic) bond motifs is 1. The number of carbonyl (C=O) groups is 1. The molecule has 1 saturated heterocycles. The number of hydrogen-bond acceptors (Lipinski definition) is 4. The summed E-state index contributed by atoms with van der Waals surface area (Å²) < 4.78 is 28.8. The van der Waals surface area contributed by atoms with Crippen molar-refractivity contribution in [3.8, 4) is 5.75 Å². The van der Waals surface area contributed by atoms with E-state index in [0.29, 0.717) is 29.6 Å². The minimum Gasteiger partial charge on any atom is -0.508 e. The van der Waals surface area contributed by atoms with E-state index < -0.39 is 15.9 Å². The topological polar surface area (TPSA) is 102 Å². The summed E-state index contributed by atoms with van der Waals surface area (Å²) in [5, 5.41) is 13.1. The van der Waals surface area contributed by atoms with Crippen LogP contribution in [0.5, 0.6) is 5.75 Å². The van der Waals surface area contributed by atoms with Crippen LogP contribution in [0.3, 0.4) is 0 Å². The molecular weight excluding hydrogens is 458 g/mol. The molecule has 7 nitrogen and oxygen atoms in total. The lowest BCUT2D eigenvalue weighted by Crippen LogP contribution is -2.31. The molecule has 9 heteroatoms. The molecule has 0 atom stereocenters. The Bertz CT molecular complexity index is 1180. The highest BCUT2D eigenvalue weighted by molar-refractivity contribution is 9.10. The summed E-state index contributed by atoms with van der Waals surface area (Å²) in [7, 11) is -3.83. The Morgan fingerprint density at radius 2 is 1.90 bits per heavy atom. The number of benzene rings is 2. The monoisotopic (exact) mass is 477 g/mol. The molecule has 29 heavy (non-hydrogen) atoms. The number of aromatic nitrogens is 1. The first-order valence-corrected chi connectivity index (χ1v) is 11.5. The van der Waals surface area contributed by atoms with E-state index >= 15 is 0 Å². The van der Waals surface area contributed by atoms with Crippen LogP contribution in [0.25, 0.3) is 10.9 Å². The SMILES string of the molecule is O=C(NCc1ccccc1O)c1[nH]c2ccc(Br)cc2c1S(=O)(=O)N1CCCC1. The minimum absolute atomic E-state index is 0.000390. The number of hydrogen-bond donors (Lipinski definition) is 3. The van der Waals surface area contributed by atoms with Crippen molar-refractivity contribution in [3.05, 3.63) is 58.2 Å². The maximum absolute atomic E-state index is 13.3. The Morgan fingerprint density at radius 1 is 1.17 bits per heavy atom. The van der Waals surface area contributed by atoms with Gasteiger partial charge in [-0.15, -0.1) is 0 Å². The van der Waals surface area contributed by atoms with Gasteiger partial charge in [0.2, 0.25) is 10.0 Å². The Labute approximate surface area is 176 Å². The van der Waals surface area contributed by atoms with Crippen molar-refractivity contribution in [2.24, 2.45) is 0 Å². The van der Waals surface area contributed by atoms with Crippen LogP contribution in [0.15, 0.2) is 51.8 Å². The lowest BCUT2D eigenvalue weighted by molar-refractivity contribution is 0.0943. The number of amides is 1. The van der Waals surface area contributed by atoms with Gasteiger partial charge in [0, 0.05) is 40.6 Å². The third-order valence-corrected chi connectivity index (χ3v) is 7.51. The molecule has 1 amide bonds. The smallest absolute Gasteiger partial charge is 0.269 e. The lowest BCUT2D eigenvalue weighted by atomic mass is 10.2. The summed E-state index contributed by atoms with van der Waals surface area (Å²) in [6, 6.07) is 11.9. The van der Waals surface area contributed by atoms with Crippen LogP contribution in [-0.4, -0.2) is 41.8 Å². The maximum Gasteiger partial charge on any atom is 0.269 e. The van der Waals surface area contributed by atoms with Gasteiger partial charge in [-0.25, -0.2) is 8.42 Å². The molecule has 4 rings (SSSR count). The highest BCUT2D eigenvalue weighted by atomic mass is 79.9. The molecule has 0 bridgehead atoms. The summed E-state index contributed by atoms with van der Waals surface area (Å²) >= 11 is 3.38. The fourth-order valence-electron chi connectivity index (χ4n) is 3.55. The summed E-state index contributed by atoms with van der Waals surface area (Å²) in [5.74, 6) is -0.475. The van der Waals surface area contributed by atoms with Gasteiger partial charge in [0.25, 0.3) is 5.91 Å². The summed E-state index contributed by atoms with van der Waals surface area (Å²) in [4.78, 5) is 15.9. The number of phenols is 1. The molecule has 0 spiro atoms. The van der Waals surface area contributed by atoms with Crippen molar-refractivity contribution in [1.29, 1.82) is 0 Å². The number of sulfonamides is 1. The van der Waals surface area contributed by atoms with E-state index in [1.807, 2.05) is 0 Å². The van der Waals surface area contributed by atoms with E-state index in [0.717, 1.165) is 17.3 Å². The van der Waals surface area contributed by atoms with E-state index in [9.17, 15) is 18.3 Å². The van der Waals surface area contributed by atoms with Crippen LogP contribution in [0.4, 0.5) is 0 Å². The number of rotatable bonds is 5. The van der Waals surface area contributed by atoms with Crippen molar-refractivity contribution in [1.82, 2.24) is 14.6 Å². The Balaban J connectivity index is 1.75. The van der Waals surface area contributed by atoms with Crippen molar-refractivity contribution < 1.29 is 18.3 Å². The lowest BCUT2D eigenvalue weighted by Gasteiger charge is -2.16. The molecule has 1 aromatic heterocycles. The zero-order valence-electron chi connectivity index (χ0n) is 15.5. The molecule has 0 aliphatic carbocycles. The Hall–Kier alpha value is -2.36. The number of halogens is 1. The number of aromatic amines is 1. The summed E-state index contributed by atoms with van der Waals surface area (Å²) in [5.41, 5.74) is 1.11. The van der Waals surface area contributed by atoms with Gasteiger partial charge >= 0.3 is 0 Å². The van der Waals surface area contributed by atoms with E-state index in [4.69, 9.17) is 0 Å². The Morgan fingerprint density at radius 3 is 2.62 bits per heavy atom. The third-order valence-electron chi connectivity index (χ3n) is 5.03. The van der Waals surface area contributed by atoms with Gasteiger partial charge in [-0.3, -0.25) is 4.79 Å². The number of para-hydroxylation sites is 1. The first-order chi connectivity index (χ1) is 13.9. The van der Waals surface area contributed by atoms with Gasteiger partial charge < -0.3 is 15.4 Å². The quantitative estimate of drug-likeness (QED) is 0.524. The van der Waals surface area contributed by atoms with Crippen LogP contribution in [0, 0.1) is 0 Å². The fraction of sp³-hybridized carbons (Fsp3) is 0.250. The van der Waals surface area contributed by atoms with Crippen LogP contribution in [0.1, 0.15) is 28.9 Å². The van der Waals surface area contributed by atoms with Gasteiger partial charge in [0.05, 0.1) is 0 Å². The standard InChI is InChI=1S/C20H20BrN3O4S/c21-14-7-8-16-15(11-14)19(29(27,28)24-9-3-4-10-24)18(23-16)20(26)22-12-13-5-1-2-6-17(13)25/h1-2,5-8,11,23,25H,3-4,9-10,12H2,(H,22,26).